The summed E-state index contributed by atoms with van der Waals surface area (Å²) in [7, 11) is -4.39. The van der Waals surface area contributed by atoms with E-state index in [1.807, 2.05) is 55.5 Å². The van der Waals surface area contributed by atoms with Crippen molar-refractivity contribution in [1.29, 1.82) is 0 Å². The molecule has 0 aliphatic carbocycles. The van der Waals surface area contributed by atoms with Gasteiger partial charge in [-0.3, -0.25) is 19.8 Å². The van der Waals surface area contributed by atoms with Crippen molar-refractivity contribution < 1.29 is 18.1 Å². The van der Waals surface area contributed by atoms with E-state index in [-0.39, 0.29) is 22.2 Å². The van der Waals surface area contributed by atoms with E-state index in [9.17, 15) is 23.3 Å². The number of carbonyl (C=O) groups excluding carboxylic acids is 1. The standard InChI is InChI=1S/C39H39N5O5S2/c1-29(28-50-34-13-6-3-7-14-34)40-37-21-20-35(26-38(37)44(46)47)51(48,49)41-39(45)31-16-18-33(19-17-31)43-24-22-42(23-25-43)27-32-12-8-9-15-36(32)30-10-4-2-5-11-30/h2-21,26,29,40H,22-25,27-28H2,1H3,(H,41,45)/t29-/m0/s1. The van der Waals surface area contributed by atoms with E-state index in [2.05, 4.69) is 68.4 Å². The number of carbonyl (C=O) groups is 1. The van der Waals surface area contributed by atoms with Crippen LogP contribution in [0.5, 0.6) is 0 Å². The minimum Gasteiger partial charge on any atom is -0.376 e. The highest BCUT2D eigenvalue weighted by Gasteiger charge is 2.25. The number of nitro benzene ring substituents is 1. The second kappa shape index (κ2) is 16.2. The summed E-state index contributed by atoms with van der Waals surface area (Å²) in [5.74, 6) is -0.184. The number of nitrogens with one attached hydrogen (secondary N) is 2. The predicted octanol–water partition coefficient (Wildman–Crippen LogP) is 7.30. The average Bonchev–Trinajstić information content (AvgIpc) is 3.15. The molecule has 1 amide bonds. The number of anilines is 2. The molecule has 10 nitrogen and oxygen atoms in total. The highest BCUT2D eigenvalue weighted by Crippen LogP contribution is 2.30. The van der Waals surface area contributed by atoms with Crippen LogP contribution in [0.4, 0.5) is 17.1 Å². The Kier molecular flexibility index (Phi) is 11.3. The first kappa shape index (κ1) is 35.6. The third-order valence-electron chi connectivity index (χ3n) is 8.71. The van der Waals surface area contributed by atoms with Crippen LogP contribution in [0, 0.1) is 10.1 Å². The van der Waals surface area contributed by atoms with Crippen LogP contribution in [-0.2, 0) is 16.6 Å². The summed E-state index contributed by atoms with van der Waals surface area (Å²) in [4.78, 5) is 29.7. The van der Waals surface area contributed by atoms with E-state index in [0.717, 1.165) is 49.4 Å². The number of hydrogen-bond donors (Lipinski definition) is 2. The molecule has 1 fully saturated rings. The number of piperazine rings is 1. The van der Waals surface area contributed by atoms with Gasteiger partial charge in [-0.1, -0.05) is 72.8 Å². The molecule has 1 saturated heterocycles. The molecule has 2 N–H and O–H groups in total. The number of nitro groups is 1. The predicted molar refractivity (Wildman–Crippen MR) is 204 cm³/mol. The van der Waals surface area contributed by atoms with Crippen LogP contribution >= 0.6 is 11.8 Å². The van der Waals surface area contributed by atoms with E-state index in [0.29, 0.717) is 5.75 Å². The summed E-state index contributed by atoms with van der Waals surface area (Å²) >= 11 is 1.60. The normalized spacial score (nSPS) is 14.1. The van der Waals surface area contributed by atoms with E-state index in [1.165, 1.54) is 28.8 Å². The number of nitrogens with zero attached hydrogens (tertiary/aromatic N) is 3. The lowest BCUT2D eigenvalue weighted by Crippen LogP contribution is -2.46. The summed E-state index contributed by atoms with van der Waals surface area (Å²) in [6.45, 7) is 6.10. The number of rotatable bonds is 13. The van der Waals surface area contributed by atoms with Crippen LogP contribution in [0.15, 0.2) is 137 Å². The second-order valence-electron chi connectivity index (χ2n) is 12.4. The minimum atomic E-state index is -4.39. The van der Waals surface area contributed by atoms with Gasteiger partial charge in [0.1, 0.15) is 5.69 Å². The molecule has 51 heavy (non-hydrogen) atoms. The zero-order chi connectivity index (χ0) is 35.8. The van der Waals surface area contributed by atoms with Gasteiger partial charge in [0, 0.05) is 66.7 Å². The van der Waals surface area contributed by atoms with Gasteiger partial charge in [0.2, 0.25) is 0 Å². The van der Waals surface area contributed by atoms with Crippen LogP contribution in [0.25, 0.3) is 11.1 Å². The molecule has 0 radical (unpaired) electrons. The Morgan fingerprint density at radius 1 is 0.843 bits per heavy atom. The zero-order valence-electron chi connectivity index (χ0n) is 28.1. The molecule has 6 rings (SSSR count). The molecule has 5 aromatic rings. The molecule has 12 heteroatoms. The van der Waals surface area contributed by atoms with Gasteiger partial charge in [-0.2, -0.15) is 0 Å². The Hall–Kier alpha value is -5.17. The largest absolute Gasteiger partial charge is 0.376 e. The maximum atomic E-state index is 13.2. The second-order valence-corrected chi connectivity index (χ2v) is 15.1. The number of amides is 1. The van der Waals surface area contributed by atoms with Crippen molar-refractivity contribution >= 4 is 44.8 Å². The van der Waals surface area contributed by atoms with E-state index >= 15 is 0 Å². The molecular formula is C39H39N5O5S2. The summed E-state index contributed by atoms with van der Waals surface area (Å²) < 4.78 is 28.4. The SMILES string of the molecule is C[C@@H](CSc1ccccc1)Nc1ccc(S(=O)(=O)NC(=O)c2ccc(N3CCN(Cc4ccccc4-c4ccccc4)CC3)cc2)cc1[N+](=O)[O-]. The lowest BCUT2D eigenvalue weighted by molar-refractivity contribution is -0.384. The number of hydrogen-bond acceptors (Lipinski definition) is 9. The molecule has 1 atom stereocenters. The summed E-state index contributed by atoms with van der Waals surface area (Å²) in [5, 5.41) is 15.0. The molecule has 0 spiro atoms. The molecule has 0 saturated carbocycles. The van der Waals surface area contributed by atoms with Crippen LogP contribution < -0.4 is 14.9 Å². The number of benzene rings is 5. The summed E-state index contributed by atoms with van der Waals surface area (Å²) in [5.41, 5.74) is 4.63. The third kappa shape index (κ3) is 9.14. The Bertz CT molecular complexity index is 2070. The molecule has 1 heterocycles. The van der Waals surface area contributed by atoms with E-state index < -0.39 is 26.5 Å². The smallest absolute Gasteiger partial charge is 0.293 e. The fourth-order valence-corrected chi connectivity index (χ4v) is 7.89. The molecule has 0 bridgehead atoms. The van der Waals surface area contributed by atoms with Gasteiger partial charge in [-0.25, -0.2) is 13.1 Å². The first-order chi connectivity index (χ1) is 24.7. The first-order valence-corrected chi connectivity index (χ1v) is 19.1. The Morgan fingerprint density at radius 2 is 1.49 bits per heavy atom. The maximum absolute atomic E-state index is 13.2. The van der Waals surface area contributed by atoms with Gasteiger partial charge in [-0.15, -0.1) is 11.8 Å². The zero-order valence-corrected chi connectivity index (χ0v) is 29.8. The molecular weight excluding hydrogens is 683 g/mol. The fraction of sp³-hybridized carbons (Fsp3) is 0.205. The maximum Gasteiger partial charge on any atom is 0.293 e. The van der Waals surface area contributed by atoms with Crippen molar-refractivity contribution in [3.05, 3.63) is 149 Å². The fourth-order valence-electron chi connectivity index (χ4n) is 6.02. The van der Waals surface area contributed by atoms with Crippen LogP contribution in [-0.4, -0.2) is 62.1 Å². The topological polar surface area (TPSA) is 125 Å². The Morgan fingerprint density at radius 3 is 2.18 bits per heavy atom. The van der Waals surface area contributed by atoms with E-state index in [1.54, 1.807) is 23.9 Å². The van der Waals surface area contributed by atoms with Gasteiger partial charge in [-0.05, 0) is 72.1 Å². The Labute approximate surface area is 302 Å². The molecule has 1 aliphatic heterocycles. The highest BCUT2D eigenvalue weighted by molar-refractivity contribution is 7.99. The number of thioether (sulfide) groups is 1. The van der Waals surface area contributed by atoms with Gasteiger partial charge >= 0.3 is 0 Å². The van der Waals surface area contributed by atoms with Crippen molar-refractivity contribution in [2.24, 2.45) is 0 Å². The van der Waals surface area contributed by atoms with Gasteiger partial charge < -0.3 is 10.2 Å². The van der Waals surface area contributed by atoms with Crippen molar-refractivity contribution in [1.82, 2.24) is 9.62 Å². The van der Waals surface area contributed by atoms with Crippen molar-refractivity contribution in [2.75, 3.05) is 42.1 Å². The third-order valence-corrected chi connectivity index (χ3v) is 11.3. The monoisotopic (exact) mass is 721 g/mol. The molecule has 5 aromatic carbocycles. The average molecular weight is 722 g/mol. The number of sulfonamides is 1. The van der Waals surface area contributed by atoms with Gasteiger partial charge in [0.25, 0.3) is 21.6 Å². The molecule has 1 aliphatic rings. The van der Waals surface area contributed by atoms with E-state index in [4.69, 9.17) is 0 Å². The lowest BCUT2D eigenvalue weighted by atomic mass is 9.99. The van der Waals surface area contributed by atoms with Crippen LogP contribution in [0.1, 0.15) is 22.8 Å². The molecule has 262 valence electrons. The Balaban J connectivity index is 1.04. The molecule has 0 unspecified atom stereocenters. The van der Waals surface area contributed by atoms with Crippen molar-refractivity contribution in [2.45, 2.75) is 29.3 Å². The lowest BCUT2D eigenvalue weighted by Gasteiger charge is -2.36. The molecule has 0 aromatic heterocycles. The van der Waals surface area contributed by atoms with Gasteiger partial charge in [0.15, 0.2) is 0 Å². The van der Waals surface area contributed by atoms with Crippen LogP contribution in [0.3, 0.4) is 0 Å². The van der Waals surface area contributed by atoms with Crippen LogP contribution in [0.2, 0.25) is 0 Å². The quantitative estimate of drug-likeness (QED) is 0.0733. The van der Waals surface area contributed by atoms with Crippen molar-refractivity contribution in [3.63, 3.8) is 0 Å². The summed E-state index contributed by atoms with van der Waals surface area (Å²) in [6.07, 6.45) is 0. The summed E-state index contributed by atoms with van der Waals surface area (Å²) in [6, 6.07) is 38.9. The van der Waals surface area contributed by atoms with Crippen molar-refractivity contribution in [3.8, 4) is 11.1 Å². The minimum absolute atomic E-state index is 0.148. The highest BCUT2D eigenvalue weighted by atomic mass is 32.2. The first-order valence-electron chi connectivity index (χ1n) is 16.7. The van der Waals surface area contributed by atoms with Gasteiger partial charge in [0.05, 0.1) is 9.82 Å².